The summed E-state index contributed by atoms with van der Waals surface area (Å²) in [5.74, 6) is 0.632. The largest absolute Gasteiger partial charge is 0.313 e. The number of benzene rings is 3. The van der Waals surface area contributed by atoms with Crippen LogP contribution >= 0.6 is 0 Å². The molecule has 0 saturated carbocycles. The van der Waals surface area contributed by atoms with E-state index in [2.05, 4.69) is 144 Å². The van der Waals surface area contributed by atoms with Crippen LogP contribution in [-0.2, 0) is 25.0 Å². The molecule has 0 aliphatic heterocycles. The van der Waals surface area contributed by atoms with E-state index in [4.69, 9.17) is 0 Å². The van der Waals surface area contributed by atoms with E-state index in [0.717, 1.165) is 39.3 Å². The van der Waals surface area contributed by atoms with Gasteiger partial charge in [-0.05, 0) is 78.0 Å². The molecule has 0 saturated heterocycles. The van der Waals surface area contributed by atoms with E-state index >= 15 is 0 Å². The fourth-order valence-corrected chi connectivity index (χ4v) is 3.97. The Kier molecular flexibility index (Phi) is 23.6. The van der Waals surface area contributed by atoms with E-state index in [-0.39, 0.29) is 5.41 Å². The summed E-state index contributed by atoms with van der Waals surface area (Å²) in [6.07, 6.45) is 3.59. The standard InChI is InChI=1S/C14H23N.C13H21N.C10H15N.C2H6/c1-5-10-15-11-12-6-8-13(9-7-12)14(2,3)4;1-4-9-14-10-12-5-7-13(8-6-12)11(2)3;1-2-8-11-9-10-6-4-3-5-7-10;1-2/h6-9,15H,5,10-11H2,1-4H3;5-8,11,14H,4,9-10H2,1-3H3;3-7,11H,2,8-9H2,1H3;1-2H3. The van der Waals surface area contributed by atoms with Crippen molar-refractivity contribution < 1.29 is 0 Å². The number of hydrogen-bond donors (Lipinski definition) is 3. The van der Waals surface area contributed by atoms with Gasteiger partial charge in [-0.15, -0.1) is 0 Å². The molecule has 0 amide bonds. The number of hydrogen-bond acceptors (Lipinski definition) is 3. The van der Waals surface area contributed by atoms with Gasteiger partial charge in [0.05, 0.1) is 0 Å². The molecule has 0 aliphatic carbocycles. The molecule has 0 aromatic heterocycles. The van der Waals surface area contributed by atoms with E-state index in [1.54, 1.807) is 0 Å². The Bertz CT molecular complexity index is 971. The van der Waals surface area contributed by atoms with Gasteiger partial charge in [-0.25, -0.2) is 0 Å². The summed E-state index contributed by atoms with van der Waals surface area (Å²) in [7, 11) is 0. The van der Waals surface area contributed by atoms with Crippen molar-refractivity contribution in [2.24, 2.45) is 0 Å². The average Bonchev–Trinajstić information content (AvgIpc) is 3.00. The van der Waals surface area contributed by atoms with Crippen LogP contribution in [0.3, 0.4) is 0 Å². The van der Waals surface area contributed by atoms with Crippen LogP contribution in [0.4, 0.5) is 0 Å². The second-order valence-electron chi connectivity index (χ2n) is 11.9. The monoisotopic (exact) mass is 576 g/mol. The maximum absolute atomic E-state index is 3.41. The lowest BCUT2D eigenvalue weighted by Crippen LogP contribution is -2.14. The van der Waals surface area contributed by atoms with Crippen LogP contribution < -0.4 is 16.0 Å². The van der Waals surface area contributed by atoms with Crippen LogP contribution in [0, 0.1) is 0 Å². The lowest BCUT2D eigenvalue weighted by Gasteiger charge is -2.19. The Labute approximate surface area is 261 Å². The topological polar surface area (TPSA) is 36.1 Å². The van der Waals surface area contributed by atoms with Gasteiger partial charge >= 0.3 is 0 Å². The highest BCUT2D eigenvalue weighted by Crippen LogP contribution is 2.22. The normalized spacial score (nSPS) is 10.5. The van der Waals surface area contributed by atoms with Crippen LogP contribution in [0.1, 0.15) is 122 Å². The highest BCUT2D eigenvalue weighted by molar-refractivity contribution is 5.27. The Morgan fingerprint density at radius 3 is 1.21 bits per heavy atom. The molecule has 3 nitrogen and oxygen atoms in total. The molecule has 42 heavy (non-hydrogen) atoms. The Morgan fingerprint density at radius 2 is 0.881 bits per heavy atom. The molecule has 3 aromatic carbocycles. The van der Waals surface area contributed by atoms with E-state index in [1.165, 1.54) is 47.1 Å². The van der Waals surface area contributed by atoms with Gasteiger partial charge in [-0.1, -0.05) is 148 Å². The molecule has 3 rings (SSSR count). The summed E-state index contributed by atoms with van der Waals surface area (Å²) >= 11 is 0. The number of nitrogens with one attached hydrogen (secondary N) is 3. The summed E-state index contributed by atoms with van der Waals surface area (Å²) in [4.78, 5) is 0. The van der Waals surface area contributed by atoms with Gasteiger partial charge in [0.1, 0.15) is 0 Å². The maximum atomic E-state index is 3.41. The minimum Gasteiger partial charge on any atom is -0.313 e. The first-order valence-electron chi connectivity index (χ1n) is 16.6. The molecule has 0 atom stereocenters. The molecule has 0 unspecified atom stereocenters. The Morgan fingerprint density at radius 1 is 0.524 bits per heavy atom. The van der Waals surface area contributed by atoms with Gasteiger partial charge in [0.15, 0.2) is 0 Å². The highest BCUT2D eigenvalue weighted by atomic mass is 14.8. The summed E-state index contributed by atoms with van der Waals surface area (Å²) in [6.45, 7) is 28.0. The predicted molar refractivity (Wildman–Crippen MR) is 189 cm³/mol. The molecule has 0 heterocycles. The zero-order valence-electron chi connectivity index (χ0n) is 28.9. The van der Waals surface area contributed by atoms with Crippen LogP contribution in [-0.4, -0.2) is 19.6 Å². The van der Waals surface area contributed by atoms with Gasteiger partial charge < -0.3 is 16.0 Å². The van der Waals surface area contributed by atoms with Crippen molar-refractivity contribution in [3.05, 3.63) is 107 Å². The fourth-order valence-electron chi connectivity index (χ4n) is 3.97. The van der Waals surface area contributed by atoms with Gasteiger partial charge in [-0.2, -0.15) is 0 Å². The first-order valence-corrected chi connectivity index (χ1v) is 16.6. The highest BCUT2D eigenvalue weighted by Gasteiger charge is 2.12. The molecular weight excluding hydrogens is 510 g/mol. The summed E-state index contributed by atoms with van der Waals surface area (Å²) in [6, 6.07) is 28.3. The fraction of sp³-hybridized carbons (Fsp3) is 0.538. The first-order chi connectivity index (χ1) is 20.2. The first kappa shape index (κ1) is 39.5. The third kappa shape index (κ3) is 19.6. The van der Waals surface area contributed by atoms with Gasteiger partial charge in [0, 0.05) is 19.6 Å². The van der Waals surface area contributed by atoms with E-state index in [1.807, 2.05) is 19.9 Å². The molecule has 3 N–H and O–H groups in total. The second kappa shape index (κ2) is 25.1. The van der Waals surface area contributed by atoms with Gasteiger partial charge in [-0.3, -0.25) is 0 Å². The minimum absolute atomic E-state index is 0.259. The quantitative estimate of drug-likeness (QED) is 0.177. The SMILES string of the molecule is CC.CCCNCc1ccc(C(C)(C)C)cc1.CCCNCc1ccc(C(C)C)cc1.CCCNCc1ccccc1. The van der Waals surface area contributed by atoms with E-state index in [0.29, 0.717) is 5.92 Å². The van der Waals surface area contributed by atoms with Crippen molar-refractivity contribution in [1.29, 1.82) is 0 Å². The zero-order valence-corrected chi connectivity index (χ0v) is 28.9. The van der Waals surface area contributed by atoms with E-state index in [9.17, 15) is 0 Å². The zero-order chi connectivity index (χ0) is 31.6. The lowest BCUT2D eigenvalue weighted by molar-refractivity contribution is 0.589. The third-order valence-corrected chi connectivity index (χ3v) is 6.58. The maximum Gasteiger partial charge on any atom is 0.0205 e. The molecule has 236 valence electrons. The molecule has 3 aromatic rings. The molecule has 3 heteroatoms. The molecular formula is C39H65N3. The molecule has 0 aliphatic rings. The molecule has 0 spiro atoms. The number of rotatable bonds is 13. The third-order valence-electron chi connectivity index (χ3n) is 6.58. The molecule has 0 radical (unpaired) electrons. The van der Waals surface area contributed by atoms with Crippen molar-refractivity contribution in [1.82, 2.24) is 16.0 Å². The van der Waals surface area contributed by atoms with Crippen LogP contribution in [0.25, 0.3) is 0 Å². The van der Waals surface area contributed by atoms with Crippen LogP contribution in [0.5, 0.6) is 0 Å². The Balaban J connectivity index is 0.000000589. The smallest absolute Gasteiger partial charge is 0.0205 e. The van der Waals surface area contributed by atoms with Crippen LogP contribution in [0.15, 0.2) is 78.9 Å². The van der Waals surface area contributed by atoms with Crippen LogP contribution in [0.2, 0.25) is 0 Å². The second-order valence-corrected chi connectivity index (χ2v) is 11.9. The van der Waals surface area contributed by atoms with Gasteiger partial charge in [0.2, 0.25) is 0 Å². The summed E-state index contributed by atoms with van der Waals surface area (Å²) in [5.41, 5.74) is 7.20. The molecule has 0 bridgehead atoms. The van der Waals surface area contributed by atoms with Crippen molar-refractivity contribution in [3.63, 3.8) is 0 Å². The van der Waals surface area contributed by atoms with Crippen molar-refractivity contribution >= 4 is 0 Å². The van der Waals surface area contributed by atoms with Gasteiger partial charge in [0.25, 0.3) is 0 Å². The lowest BCUT2D eigenvalue weighted by atomic mass is 9.87. The van der Waals surface area contributed by atoms with Crippen molar-refractivity contribution in [2.75, 3.05) is 19.6 Å². The summed E-state index contributed by atoms with van der Waals surface area (Å²) < 4.78 is 0. The van der Waals surface area contributed by atoms with E-state index < -0.39 is 0 Å². The summed E-state index contributed by atoms with van der Waals surface area (Å²) in [5, 5.41) is 10.2. The van der Waals surface area contributed by atoms with Crippen molar-refractivity contribution in [2.45, 2.75) is 119 Å². The average molecular weight is 576 g/mol. The minimum atomic E-state index is 0.259. The Hall–Kier alpha value is -2.46. The molecule has 0 fully saturated rings. The predicted octanol–water partition coefficient (Wildman–Crippen LogP) is 10.0. The van der Waals surface area contributed by atoms with Crippen molar-refractivity contribution in [3.8, 4) is 0 Å².